The van der Waals surface area contributed by atoms with Crippen molar-refractivity contribution in [3.8, 4) is 0 Å². The van der Waals surface area contributed by atoms with Gasteiger partial charge in [-0.3, -0.25) is 0 Å². The minimum atomic E-state index is -4.69. The lowest BCUT2D eigenvalue weighted by molar-refractivity contribution is -0.137. The Balaban J connectivity index is 2.32. The maximum atomic E-state index is 12.7. The highest BCUT2D eigenvalue weighted by molar-refractivity contribution is 7.89. The topological polar surface area (TPSA) is 46.2 Å². The van der Waals surface area contributed by atoms with Gasteiger partial charge in [0, 0.05) is 6.04 Å². The molecule has 112 valence electrons. The Morgan fingerprint density at radius 3 is 2.45 bits per heavy atom. The number of hydrogen-bond acceptors (Lipinski definition) is 2. The van der Waals surface area contributed by atoms with Gasteiger partial charge >= 0.3 is 6.18 Å². The van der Waals surface area contributed by atoms with Crippen molar-refractivity contribution >= 4 is 21.6 Å². The van der Waals surface area contributed by atoms with Gasteiger partial charge in [0.2, 0.25) is 10.0 Å². The number of sulfonamides is 1. The van der Waals surface area contributed by atoms with Gasteiger partial charge in [-0.1, -0.05) is 11.6 Å². The van der Waals surface area contributed by atoms with Crippen LogP contribution < -0.4 is 4.72 Å². The SMILES string of the molecule is C[C@@H](NS(=O)(=O)c1ccc(Cl)c(C(F)(F)F)c1)C1CC1. The van der Waals surface area contributed by atoms with Crippen molar-refractivity contribution in [2.45, 2.75) is 36.9 Å². The van der Waals surface area contributed by atoms with Crippen LogP contribution >= 0.6 is 11.6 Å². The van der Waals surface area contributed by atoms with Crippen LogP contribution in [0.5, 0.6) is 0 Å². The standard InChI is InChI=1S/C12H13ClF3NO2S/c1-7(8-2-3-8)17-20(18,19)9-4-5-11(13)10(6-9)12(14,15)16/h4-8,17H,2-3H2,1H3/t7-/m1/s1. The monoisotopic (exact) mass is 327 g/mol. The van der Waals surface area contributed by atoms with Crippen molar-refractivity contribution in [3.05, 3.63) is 28.8 Å². The number of benzene rings is 1. The van der Waals surface area contributed by atoms with Crippen molar-refractivity contribution in [2.24, 2.45) is 5.92 Å². The zero-order chi connectivity index (χ0) is 15.1. The summed E-state index contributed by atoms with van der Waals surface area (Å²) in [5, 5.41) is -0.522. The summed E-state index contributed by atoms with van der Waals surface area (Å²) in [7, 11) is -3.97. The molecule has 8 heteroatoms. The highest BCUT2D eigenvalue weighted by Gasteiger charge is 2.35. The third kappa shape index (κ3) is 3.45. The van der Waals surface area contributed by atoms with Crippen molar-refractivity contribution < 1.29 is 21.6 Å². The first-order valence-electron chi connectivity index (χ1n) is 6.00. The van der Waals surface area contributed by atoms with E-state index in [4.69, 9.17) is 11.6 Å². The van der Waals surface area contributed by atoms with E-state index in [1.165, 1.54) is 0 Å². The molecule has 0 radical (unpaired) electrons. The van der Waals surface area contributed by atoms with Crippen LogP contribution in [0.1, 0.15) is 25.3 Å². The third-order valence-corrected chi connectivity index (χ3v) is 5.11. The van der Waals surface area contributed by atoms with Crippen LogP contribution in [0.4, 0.5) is 13.2 Å². The summed E-state index contributed by atoms with van der Waals surface area (Å²) < 4.78 is 64.6. The molecule has 1 saturated carbocycles. The van der Waals surface area contributed by atoms with E-state index in [2.05, 4.69) is 4.72 Å². The molecule has 0 bridgehead atoms. The van der Waals surface area contributed by atoms with Crippen LogP contribution in [0.2, 0.25) is 5.02 Å². The Labute approximate surface area is 120 Å². The van der Waals surface area contributed by atoms with E-state index in [0.29, 0.717) is 6.07 Å². The molecule has 1 aliphatic rings. The van der Waals surface area contributed by atoms with Crippen molar-refractivity contribution in [1.82, 2.24) is 4.72 Å². The summed E-state index contributed by atoms with van der Waals surface area (Å²) >= 11 is 5.46. The molecule has 2 rings (SSSR count). The third-order valence-electron chi connectivity index (χ3n) is 3.22. The number of nitrogens with one attached hydrogen (secondary N) is 1. The maximum Gasteiger partial charge on any atom is 0.417 e. The Hall–Kier alpha value is -0.790. The molecule has 0 spiro atoms. The van der Waals surface area contributed by atoms with Crippen molar-refractivity contribution in [3.63, 3.8) is 0 Å². The zero-order valence-electron chi connectivity index (χ0n) is 10.5. The minimum absolute atomic E-state index is 0.263. The molecule has 0 saturated heterocycles. The van der Waals surface area contributed by atoms with Gasteiger partial charge in [0.1, 0.15) is 0 Å². The van der Waals surface area contributed by atoms with E-state index in [1.54, 1.807) is 6.92 Å². The molecule has 0 aromatic heterocycles. The molecule has 3 nitrogen and oxygen atoms in total. The second-order valence-corrected chi connectivity index (χ2v) is 7.01. The molecule has 0 unspecified atom stereocenters. The van der Waals surface area contributed by atoms with E-state index in [9.17, 15) is 21.6 Å². The van der Waals surface area contributed by atoms with Crippen LogP contribution in [-0.2, 0) is 16.2 Å². The van der Waals surface area contributed by atoms with Gasteiger partial charge in [-0.15, -0.1) is 0 Å². The summed E-state index contributed by atoms with van der Waals surface area (Å²) in [5.41, 5.74) is -1.15. The number of rotatable bonds is 4. The average molecular weight is 328 g/mol. The fourth-order valence-electron chi connectivity index (χ4n) is 1.89. The molecule has 0 aliphatic heterocycles. The lowest BCUT2D eigenvalue weighted by Crippen LogP contribution is -2.34. The number of halogens is 4. The first kappa shape index (κ1) is 15.6. The first-order valence-corrected chi connectivity index (χ1v) is 7.86. The number of alkyl halides is 3. The highest BCUT2D eigenvalue weighted by atomic mass is 35.5. The average Bonchev–Trinajstić information content (AvgIpc) is 3.10. The maximum absolute atomic E-state index is 12.7. The van der Waals surface area contributed by atoms with Crippen molar-refractivity contribution in [2.75, 3.05) is 0 Å². The predicted molar refractivity (Wildman–Crippen MR) is 69.0 cm³/mol. The Morgan fingerprint density at radius 1 is 1.35 bits per heavy atom. The van der Waals surface area contributed by atoms with Crippen molar-refractivity contribution in [1.29, 1.82) is 0 Å². The van der Waals surface area contributed by atoms with E-state index in [1.807, 2.05) is 0 Å². The lowest BCUT2D eigenvalue weighted by Gasteiger charge is -2.15. The fraction of sp³-hybridized carbons (Fsp3) is 0.500. The molecule has 1 aliphatic carbocycles. The lowest BCUT2D eigenvalue weighted by atomic mass is 10.2. The summed E-state index contributed by atoms with van der Waals surface area (Å²) in [6, 6.07) is 2.29. The molecule has 20 heavy (non-hydrogen) atoms. The van der Waals surface area contributed by atoms with Gasteiger partial charge in [-0.05, 0) is 43.9 Å². The van der Waals surface area contributed by atoms with Crippen LogP contribution in [0.15, 0.2) is 23.1 Å². The molecule has 1 N–H and O–H groups in total. The van der Waals surface area contributed by atoms with Crippen LogP contribution in [0.25, 0.3) is 0 Å². The molecule has 0 amide bonds. The van der Waals surface area contributed by atoms with E-state index >= 15 is 0 Å². The van der Waals surface area contributed by atoms with Crippen LogP contribution in [0.3, 0.4) is 0 Å². The Morgan fingerprint density at radius 2 is 1.95 bits per heavy atom. The summed E-state index contributed by atoms with van der Waals surface area (Å²) in [4.78, 5) is -0.429. The molecule has 1 atom stereocenters. The van der Waals surface area contributed by atoms with Gasteiger partial charge in [0.25, 0.3) is 0 Å². The van der Waals surface area contributed by atoms with E-state index in [0.717, 1.165) is 25.0 Å². The smallest absolute Gasteiger partial charge is 0.208 e. The minimum Gasteiger partial charge on any atom is -0.208 e. The largest absolute Gasteiger partial charge is 0.417 e. The second-order valence-electron chi connectivity index (χ2n) is 4.89. The van der Waals surface area contributed by atoms with E-state index < -0.39 is 31.7 Å². The Kier molecular flexibility index (Phi) is 4.05. The first-order chi connectivity index (χ1) is 9.11. The van der Waals surface area contributed by atoms with Gasteiger partial charge in [0.15, 0.2) is 0 Å². The normalized spacial score (nSPS) is 18.1. The molecule has 0 heterocycles. The summed E-state index contributed by atoms with van der Waals surface area (Å²) in [6.07, 6.45) is -2.83. The van der Waals surface area contributed by atoms with Crippen LogP contribution in [0, 0.1) is 5.92 Å². The molecular weight excluding hydrogens is 315 g/mol. The van der Waals surface area contributed by atoms with Gasteiger partial charge in [0.05, 0.1) is 15.5 Å². The zero-order valence-corrected chi connectivity index (χ0v) is 12.1. The molecule has 1 aromatic carbocycles. The number of hydrogen-bond donors (Lipinski definition) is 1. The Bertz CT molecular complexity index is 612. The van der Waals surface area contributed by atoms with Gasteiger partial charge in [-0.2, -0.15) is 13.2 Å². The quantitative estimate of drug-likeness (QED) is 0.921. The molecule has 1 aromatic rings. The summed E-state index contributed by atoms with van der Waals surface area (Å²) in [5.74, 6) is 0.263. The van der Waals surface area contributed by atoms with Gasteiger partial charge in [-0.25, -0.2) is 13.1 Å². The molecule has 1 fully saturated rings. The molecular formula is C12H13ClF3NO2S. The van der Waals surface area contributed by atoms with Crippen LogP contribution in [-0.4, -0.2) is 14.5 Å². The van der Waals surface area contributed by atoms with E-state index in [-0.39, 0.29) is 12.0 Å². The second kappa shape index (κ2) is 5.20. The predicted octanol–water partition coefficient (Wildman–Crippen LogP) is 3.44. The highest BCUT2D eigenvalue weighted by Crippen LogP contribution is 2.36. The van der Waals surface area contributed by atoms with Gasteiger partial charge < -0.3 is 0 Å². The fourth-order valence-corrected chi connectivity index (χ4v) is 3.46. The summed E-state index contributed by atoms with van der Waals surface area (Å²) in [6.45, 7) is 1.70.